The second kappa shape index (κ2) is 8.20. The largest absolute Gasteiger partial charge is 0.367 e. The van der Waals surface area contributed by atoms with Crippen LogP contribution in [0.3, 0.4) is 0 Å². The number of nitrogens with one attached hydrogen (secondary N) is 2. The van der Waals surface area contributed by atoms with E-state index in [0.717, 1.165) is 54.4 Å². The lowest BCUT2D eigenvalue weighted by Gasteiger charge is -2.35. The van der Waals surface area contributed by atoms with Crippen molar-refractivity contribution < 1.29 is 4.79 Å². The fourth-order valence-electron chi connectivity index (χ4n) is 3.50. The van der Waals surface area contributed by atoms with Crippen LogP contribution in [0.5, 0.6) is 0 Å². The number of amides is 1. The third-order valence-electron chi connectivity index (χ3n) is 5.10. The van der Waals surface area contributed by atoms with Crippen LogP contribution in [-0.2, 0) is 11.2 Å². The second-order valence-electron chi connectivity index (χ2n) is 7.20. The predicted molar refractivity (Wildman–Crippen MR) is 114 cm³/mol. The number of piperazine rings is 1. The van der Waals surface area contributed by atoms with E-state index >= 15 is 0 Å². The number of fused-ring (bicyclic) bond motifs is 1. The van der Waals surface area contributed by atoms with Gasteiger partial charge in [-0.05, 0) is 37.4 Å². The molecule has 4 rings (SSSR count). The Bertz CT molecular complexity index is 945. The molecule has 0 spiro atoms. The first-order valence-electron chi connectivity index (χ1n) is 9.55. The maximum atomic E-state index is 12.6. The van der Waals surface area contributed by atoms with Crippen molar-refractivity contribution >= 4 is 39.9 Å². The summed E-state index contributed by atoms with van der Waals surface area (Å²) in [7, 11) is 2.12. The van der Waals surface area contributed by atoms with Crippen molar-refractivity contribution in [2.24, 2.45) is 0 Å². The van der Waals surface area contributed by atoms with E-state index in [-0.39, 0.29) is 5.91 Å². The molecule has 3 aromatic rings. The van der Waals surface area contributed by atoms with Gasteiger partial charge in [0.1, 0.15) is 5.82 Å². The summed E-state index contributed by atoms with van der Waals surface area (Å²) in [4.78, 5) is 25.0. The Balaban J connectivity index is 1.42. The van der Waals surface area contributed by atoms with Crippen LogP contribution >= 0.6 is 11.6 Å². The van der Waals surface area contributed by atoms with Crippen LogP contribution in [0.1, 0.15) is 12.2 Å². The molecule has 2 N–H and O–H groups in total. The topological polar surface area (TPSA) is 64.3 Å². The van der Waals surface area contributed by atoms with Crippen molar-refractivity contribution in [2.45, 2.75) is 12.8 Å². The fraction of sp³-hybridized carbons (Fsp3) is 0.333. The highest BCUT2D eigenvalue weighted by molar-refractivity contribution is 6.31. The summed E-state index contributed by atoms with van der Waals surface area (Å²) in [5.74, 6) is 0.778. The number of benzene rings is 2. The first kappa shape index (κ1) is 18.8. The molecule has 1 aliphatic rings. The van der Waals surface area contributed by atoms with E-state index < -0.39 is 0 Å². The molecular weight excluding hydrogens is 374 g/mol. The van der Waals surface area contributed by atoms with Crippen molar-refractivity contribution in [3.63, 3.8) is 0 Å². The number of aryl methyl sites for hydroxylation is 1. The Morgan fingerprint density at radius 3 is 2.75 bits per heavy atom. The summed E-state index contributed by atoms with van der Waals surface area (Å²) in [6.07, 6.45) is 0.916. The standard InChI is InChI=1S/C21H24ClN5O/c1-26-10-12-27(13-11-26)19-7-6-15(22)14-18(19)25-21(28)9-8-20-23-16-4-2-3-5-17(16)24-20/h2-7,14H,8-13H2,1H3,(H,23,24)(H,25,28). The zero-order chi connectivity index (χ0) is 19.5. The molecule has 6 nitrogen and oxygen atoms in total. The third-order valence-corrected chi connectivity index (χ3v) is 5.34. The number of hydrogen-bond acceptors (Lipinski definition) is 4. The third kappa shape index (κ3) is 4.29. The molecule has 0 atom stereocenters. The molecule has 0 radical (unpaired) electrons. The van der Waals surface area contributed by atoms with Gasteiger partial charge in [0.2, 0.25) is 5.91 Å². The molecular formula is C21H24ClN5O. The minimum atomic E-state index is -0.0434. The molecule has 0 aliphatic carbocycles. The summed E-state index contributed by atoms with van der Waals surface area (Å²) in [5, 5.41) is 3.66. The number of rotatable bonds is 5. The molecule has 1 aromatic heterocycles. The molecule has 0 saturated carbocycles. The zero-order valence-electron chi connectivity index (χ0n) is 15.9. The molecule has 1 amide bonds. The molecule has 2 heterocycles. The van der Waals surface area contributed by atoms with Crippen molar-refractivity contribution in [1.29, 1.82) is 0 Å². The van der Waals surface area contributed by atoms with E-state index in [0.29, 0.717) is 17.9 Å². The molecule has 28 heavy (non-hydrogen) atoms. The highest BCUT2D eigenvalue weighted by Crippen LogP contribution is 2.30. The highest BCUT2D eigenvalue weighted by atomic mass is 35.5. The number of hydrogen-bond donors (Lipinski definition) is 2. The van der Waals surface area contributed by atoms with Gasteiger partial charge in [-0.15, -0.1) is 0 Å². The lowest BCUT2D eigenvalue weighted by molar-refractivity contribution is -0.116. The molecule has 1 aliphatic heterocycles. The van der Waals surface area contributed by atoms with E-state index in [1.807, 2.05) is 42.5 Å². The number of carbonyl (C=O) groups excluding carboxylic acids is 1. The number of H-pyrrole nitrogens is 1. The number of aromatic nitrogens is 2. The van der Waals surface area contributed by atoms with Crippen LogP contribution in [0.4, 0.5) is 11.4 Å². The normalized spacial score (nSPS) is 15.1. The first-order chi connectivity index (χ1) is 13.6. The summed E-state index contributed by atoms with van der Waals surface area (Å²) in [6, 6.07) is 13.6. The monoisotopic (exact) mass is 397 g/mol. The smallest absolute Gasteiger partial charge is 0.224 e. The number of anilines is 2. The molecule has 0 bridgehead atoms. The quantitative estimate of drug-likeness (QED) is 0.691. The SMILES string of the molecule is CN1CCN(c2ccc(Cl)cc2NC(=O)CCc2nc3ccccc3[nH]2)CC1. The Hall–Kier alpha value is -2.57. The van der Waals surface area contributed by atoms with Gasteiger partial charge in [-0.3, -0.25) is 4.79 Å². The van der Waals surface area contributed by atoms with Gasteiger partial charge in [-0.25, -0.2) is 4.98 Å². The van der Waals surface area contributed by atoms with Gasteiger partial charge in [0.15, 0.2) is 0 Å². The molecule has 2 aromatic carbocycles. The minimum absolute atomic E-state index is 0.0434. The van der Waals surface area contributed by atoms with Gasteiger partial charge >= 0.3 is 0 Å². The Labute approximate surface area is 169 Å². The van der Waals surface area contributed by atoms with Crippen molar-refractivity contribution in [2.75, 3.05) is 43.4 Å². The van der Waals surface area contributed by atoms with Gasteiger partial charge < -0.3 is 20.1 Å². The van der Waals surface area contributed by atoms with Gasteiger partial charge in [-0.1, -0.05) is 23.7 Å². The van der Waals surface area contributed by atoms with E-state index in [2.05, 4.69) is 32.1 Å². The fourth-order valence-corrected chi connectivity index (χ4v) is 3.67. The molecule has 1 fully saturated rings. The summed E-state index contributed by atoms with van der Waals surface area (Å²) >= 11 is 6.19. The maximum Gasteiger partial charge on any atom is 0.224 e. The van der Waals surface area contributed by atoms with E-state index in [1.165, 1.54) is 0 Å². The van der Waals surface area contributed by atoms with Crippen LogP contribution in [0.15, 0.2) is 42.5 Å². The van der Waals surface area contributed by atoms with E-state index in [4.69, 9.17) is 11.6 Å². The van der Waals surface area contributed by atoms with Crippen LogP contribution in [-0.4, -0.2) is 54.0 Å². The molecule has 1 saturated heterocycles. The number of aromatic amines is 1. The first-order valence-corrected chi connectivity index (χ1v) is 9.93. The lowest BCUT2D eigenvalue weighted by Crippen LogP contribution is -2.44. The van der Waals surface area contributed by atoms with Gasteiger partial charge in [0.05, 0.1) is 22.4 Å². The number of nitrogens with zero attached hydrogens (tertiary/aromatic N) is 3. The number of imidazole rings is 1. The maximum absolute atomic E-state index is 12.6. The summed E-state index contributed by atoms with van der Waals surface area (Å²) in [6.45, 7) is 3.87. The molecule has 0 unspecified atom stereocenters. The zero-order valence-corrected chi connectivity index (χ0v) is 16.7. The highest BCUT2D eigenvalue weighted by Gasteiger charge is 2.18. The summed E-state index contributed by atoms with van der Waals surface area (Å²) < 4.78 is 0. The van der Waals surface area contributed by atoms with Crippen molar-refractivity contribution in [3.05, 3.63) is 53.3 Å². The van der Waals surface area contributed by atoms with Gasteiger partial charge in [0, 0.05) is 44.0 Å². The molecule has 7 heteroatoms. The van der Waals surface area contributed by atoms with Crippen molar-refractivity contribution in [1.82, 2.24) is 14.9 Å². The number of halogens is 1. The van der Waals surface area contributed by atoms with Crippen LogP contribution in [0.25, 0.3) is 11.0 Å². The van der Waals surface area contributed by atoms with Crippen molar-refractivity contribution in [3.8, 4) is 0 Å². The van der Waals surface area contributed by atoms with Gasteiger partial charge in [-0.2, -0.15) is 0 Å². The van der Waals surface area contributed by atoms with Crippen LogP contribution < -0.4 is 10.2 Å². The Morgan fingerprint density at radius 1 is 1.18 bits per heavy atom. The summed E-state index contributed by atoms with van der Waals surface area (Å²) in [5.41, 5.74) is 3.71. The number of para-hydroxylation sites is 2. The van der Waals surface area contributed by atoms with Crippen LogP contribution in [0.2, 0.25) is 5.02 Å². The van der Waals surface area contributed by atoms with E-state index in [1.54, 1.807) is 0 Å². The average molecular weight is 398 g/mol. The van der Waals surface area contributed by atoms with Gasteiger partial charge in [0.25, 0.3) is 0 Å². The second-order valence-corrected chi connectivity index (χ2v) is 7.64. The molecule has 146 valence electrons. The minimum Gasteiger partial charge on any atom is -0.367 e. The van der Waals surface area contributed by atoms with E-state index in [9.17, 15) is 4.79 Å². The number of likely N-dealkylation sites (N-methyl/N-ethyl adjacent to an activating group) is 1. The average Bonchev–Trinajstić information content (AvgIpc) is 3.11. The Kier molecular flexibility index (Phi) is 5.50. The number of carbonyl (C=O) groups is 1. The van der Waals surface area contributed by atoms with Crippen LogP contribution in [0, 0.1) is 0 Å². The Morgan fingerprint density at radius 2 is 1.96 bits per heavy atom. The predicted octanol–water partition coefficient (Wildman–Crippen LogP) is 3.54. The lowest BCUT2D eigenvalue weighted by atomic mass is 10.2.